The maximum Gasteiger partial charge on any atom is 0.305 e. The van der Waals surface area contributed by atoms with Crippen LogP contribution in [0, 0.1) is 22.7 Å². The molecule has 0 aliphatic carbocycles. The van der Waals surface area contributed by atoms with Crippen LogP contribution in [0.3, 0.4) is 0 Å². The van der Waals surface area contributed by atoms with Gasteiger partial charge in [0, 0.05) is 0 Å². The lowest BCUT2D eigenvalue weighted by Crippen LogP contribution is -2.37. The minimum absolute atomic E-state index is 0.0144. The molecule has 10 nitrogen and oxygen atoms in total. The van der Waals surface area contributed by atoms with Crippen LogP contribution >= 0.6 is 11.8 Å². The fourth-order valence-corrected chi connectivity index (χ4v) is 4.84. The molecule has 1 fully saturated rings. The van der Waals surface area contributed by atoms with Gasteiger partial charge in [-0.3, -0.25) is 14.5 Å². The number of carbonyl (C=O) groups excluding carboxylic acids is 1. The van der Waals surface area contributed by atoms with Crippen molar-refractivity contribution in [3.05, 3.63) is 39.7 Å². The standard InChI is InChI=1S/C20H18N4O6S/c1-28-12-4-9(5-13(29-2)17(12)30-3)16-10(7-21)18(23)24-19(27)14(6-15(25)26)31-20(24)11(16)8-22/h4-5,14,16H,6,23H2,1-3H3,(H,25,26). The number of carbonyl (C=O) groups is 2. The minimum atomic E-state index is -1.16. The third kappa shape index (κ3) is 3.49. The number of ether oxygens (including phenoxy) is 3. The quantitative estimate of drug-likeness (QED) is 0.663. The van der Waals surface area contributed by atoms with Crippen molar-refractivity contribution < 1.29 is 28.9 Å². The molecule has 1 aromatic rings. The summed E-state index contributed by atoms with van der Waals surface area (Å²) >= 11 is 0.948. The van der Waals surface area contributed by atoms with Crippen LogP contribution in [-0.4, -0.2) is 48.5 Å². The zero-order chi connectivity index (χ0) is 22.9. The van der Waals surface area contributed by atoms with Gasteiger partial charge in [0.25, 0.3) is 0 Å². The second-order valence-corrected chi connectivity index (χ2v) is 7.70. The fraction of sp³-hybridized carbons (Fsp3) is 0.300. The summed E-state index contributed by atoms with van der Waals surface area (Å²) in [4.78, 5) is 25.0. The Hall–Kier alpha value is -3.83. The van der Waals surface area contributed by atoms with E-state index < -0.39 is 29.5 Å². The van der Waals surface area contributed by atoms with Gasteiger partial charge in [0.1, 0.15) is 11.1 Å². The maximum atomic E-state index is 12.8. The van der Waals surface area contributed by atoms with Crippen LogP contribution < -0.4 is 19.9 Å². The summed E-state index contributed by atoms with van der Waals surface area (Å²) in [7, 11) is 4.32. The van der Waals surface area contributed by atoms with E-state index in [1.165, 1.54) is 21.3 Å². The molecule has 2 unspecified atom stereocenters. The number of fused-ring (bicyclic) bond motifs is 1. The highest BCUT2D eigenvalue weighted by atomic mass is 32.2. The zero-order valence-corrected chi connectivity index (χ0v) is 17.6. The number of carboxylic acid groups (broad SMARTS) is 1. The molecular weight excluding hydrogens is 424 g/mol. The maximum absolute atomic E-state index is 12.8. The molecule has 2 aliphatic rings. The third-order valence-electron chi connectivity index (χ3n) is 4.90. The van der Waals surface area contributed by atoms with E-state index >= 15 is 0 Å². The lowest BCUT2D eigenvalue weighted by Gasteiger charge is -2.30. The van der Waals surface area contributed by atoms with Gasteiger partial charge in [-0.25, -0.2) is 0 Å². The molecule has 3 rings (SSSR count). The number of hydrogen-bond donors (Lipinski definition) is 2. The first-order valence-electron chi connectivity index (χ1n) is 8.89. The summed E-state index contributed by atoms with van der Waals surface area (Å²) in [6.45, 7) is 0. The number of carboxylic acids is 1. The summed E-state index contributed by atoms with van der Waals surface area (Å²) in [6, 6.07) is 7.26. The Labute approximate surface area is 182 Å². The van der Waals surface area contributed by atoms with Gasteiger partial charge in [-0.15, -0.1) is 0 Å². The molecule has 31 heavy (non-hydrogen) atoms. The second-order valence-electron chi connectivity index (χ2n) is 6.51. The number of benzene rings is 1. The van der Waals surface area contributed by atoms with Crippen molar-refractivity contribution in [1.29, 1.82) is 10.5 Å². The minimum Gasteiger partial charge on any atom is -0.493 e. The second kappa shape index (κ2) is 8.50. The lowest BCUT2D eigenvalue weighted by atomic mass is 9.83. The highest BCUT2D eigenvalue weighted by Crippen LogP contribution is 2.51. The SMILES string of the molecule is COc1cc(C2C(C#N)=C(N)N3C(=O)C(CC(=O)O)SC3=C2C#N)cc(OC)c1OC. The van der Waals surface area contributed by atoms with E-state index in [0.717, 1.165) is 16.7 Å². The molecule has 1 amide bonds. The van der Waals surface area contributed by atoms with Gasteiger partial charge in [-0.1, -0.05) is 11.8 Å². The van der Waals surface area contributed by atoms with Gasteiger partial charge >= 0.3 is 5.97 Å². The van der Waals surface area contributed by atoms with E-state index in [1.807, 2.05) is 6.07 Å². The summed E-state index contributed by atoms with van der Waals surface area (Å²) < 4.78 is 16.1. The number of nitriles is 2. The van der Waals surface area contributed by atoms with Crippen molar-refractivity contribution in [2.24, 2.45) is 5.73 Å². The molecule has 2 heterocycles. The summed E-state index contributed by atoms with van der Waals surface area (Å²) in [5.74, 6) is -1.82. The van der Waals surface area contributed by atoms with Crippen LogP contribution in [0.4, 0.5) is 0 Å². The van der Waals surface area contributed by atoms with Gasteiger partial charge < -0.3 is 25.1 Å². The molecule has 1 aromatic carbocycles. The lowest BCUT2D eigenvalue weighted by molar-refractivity contribution is -0.139. The Morgan fingerprint density at radius 3 is 2.19 bits per heavy atom. The number of hydrogen-bond acceptors (Lipinski definition) is 9. The number of allylic oxidation sites excluding steroid dienone is 2. The van der Waals surface area contributed by atoms with E-state index in [9.17, 15) is 20.1 Å². The van der Waals surface area contributed by atoms with E-state index in [2.05, 4.69) is 6.07 Å². The summed E-state index contributed by atoms with van der Waals surface area (Å²) in [5, 5.41) is 28.1. The number of rotatable bonds is 6. The zero-order valence-electron chi connectivity index (χ0n) is 16.8. The van der Waals surface area contributed by atoms with E-state index in [4.69, 9.17) is 25.1 Å². The van der Waals surface area contributed by atoms with Gasteiger partial charge in [-0.05, 0) is 17.7 Å². The normalized spacial score (nSPS) is 20.2. The molecule has 0 aromatic heterocycles. The largest absolute Gasteiger partial charge is 0.493 e. The average Bonchev–Trinajstić information content (AvgIpc) is 3.07. The average molecular weight is 442 g/mol. The first kappa shape index (κ1) is 21.9. The number of thioether (sulfide) groups is 1. The van der Waals surface area contributed by atoms with Crippen LogP contribution in [0.2, 0.25) is 0 Å². The highest BCUT2D eigenvalue weighted by molar-refractivity contribution is 8.04. The number of methoxy groups -OCH3 is 3. The molecule has 1 saturated heterocycles. The van der Waals surface area contributed by atoms with Crippen molar-refractivity contribution in [3.8, 4) is 29.4 Å². The van der Waals surface area contributed by atoms with Crippen molar-refractivity contribution in [2.75, 3.05) is 21.3 Å². The molecular formula is C20H18N4O6S. The van der Waals surface area contributed by atoms with Crippen LogP contribution in [0.1, 0.15) is 17.9 Å². The van der Waals surface area contributed by atoms with E-state index in [0.29, 0.717) is 22.8 Å². The topological polar surface area (TPSA) is 159 Å². The first-order chi connectivity index (χ1) is 14.8. The van der Waals surface area contributed by atoms with Crippen molar-refractivity contribution in [3.63, 3.8) is 0 Å². The van der Waals surface area contributed by atoms with E-state index in [1.54, 1.807) is 12.1 Å². The van der Waals surface area contributed by atoms with Gasteiger partial charge in [0.15, 0.2) is 11.5 Å². The van der Waals surface area contributed by atoms with Gasteiger partial charge in [-0.2, -0.15) is 10.5 Å². The van der Waals surface area contributed by atoms with Crippen LogP contribution in [0.5, 0.6) is 17.2 Å². The molecule has 3 N–H and O–H groups in total. The molecule has 0 radical (unpaired) electrons. The van der Waals surface area contributed by atoms with Crippen LogP contribution in [0.25, 0.3) is 0 Å². The Kier molecular flexibility index (Phi) is 5.99. The smallest absolute Gasteiger partial charge is 0.305 e. The molecule has 0 spiro atoms. The Balaban J connectivity index is 2.24. The molecule has 11 heteroatoms. The molecule has 0 saturated carbocycles. The predicted molar refractivity (Wildman–Crippen MR) is 109 cm³/mol. The predicted octanol–water partition coefficient (Wildman–Crippen LogP) is 1.66. The fourth-order valence-electron chi connectivity index (χ4n) is 3.55. The number of aliphatic carboxylic acids is 1. The third-order valence-corrected chi connectivity index (χ3v) is 6.18. The summed E-state index contributed by atoms with van der Waals surface area (Å²) in [6.07, 6.45) is -0.438. The van der Waals surface area contributed by atoms with E-state index in [-0.39, 0.29) is 22.0 Å². The Morgan fingerprint density at radius 1 is 1.16 bits per heavy atom. The summed E-state index contributed by atoms with van der Waals surface area (Å²) in [5.41, 5.74) is 6.72. The highest BCUT2D eigenvalue weighted by Gasteiger charge is 2.47. The molecule has 2 aliphatic heterocycles. The van der Waals surface area contributed by atoms with Crippen molar-refractivity contribution in [2.45, 2.75) is 17.6 Å². The first-order valence-corrected chi connectivity index (χ1v) is 9.77. The number of nitrogens with zero attached hydrogens (tertiary/aromatic N) is 3. The van der Waals surface area contributed by atoms with Crippen molar-refractivity contribution in [1.82, 2.24) is 4.90 Å². The Morgan fingerprint density at radius 2 is 1.74 bits per heavy atom. The van der Waals surface area contributed by atoms with Gasteiger partial charge in [0.2, 0.25) is 11.7 Å². The monoisotopic (exact) mass is 442 g/mol. The van der Waals surface area contributed by atoms with Crippen LogP contribution in [-0.2, 0) is 9.59 Å². The van der Waals surface area contributed by atoms with Crippen LogP contribution in [0.15, 0.2) is 34.1 Å². The number of amides is 1. The molecule has 160 valence electrons. The Bertz CT molecular complexity index is 1090. The van der Waals surface area contributed by atoms with Gasteiger partial charge in [0.05, 0.1) is 62.0 Å². The number of nitrogens with two attached hydrogens (primary N) is 1. The molecule has 0 bridgehead atoms. The molecule has 2 atom stereocenters. The van der Waals surface area contributed by atoms with Crippen molar-refractivity contribution >= 4 is 23.6 Å².